The molecule has 2 N–H and O–H groups in total. The number of thiazole rings is 1. The van der Waals surface area contributed by atoms with Gasteiger partial charge in [-0.25, -0.2) is 13.4 Å². The van der Waals surface area contributed by atoms with Gasteiger partial charge < -0.3 is 10.6 Å². The minimum atomic E-state index is -3.37. The molecule has 0 aliphatic heterocycles. The van der Waals surface area contributed by atoms with Crippen molar-refractivity contribution in [3.05, 3.63) is 33.1 Å². The lowest BCUT2D eigenvalue weighted by Gasteiger charge is -2.16. The second-order valence-corrected chi connectivity index (χ2v) is 10.4. The molecule has 2 aromatic rings. The molecule has 0 spiro atoms. The highest BCUT2D eigenvalue weighted by Crippen LogP contribution is 2.25. The van der Waals surface area contributed by atoms with E-state index in [1.165, 1.54) is 20.5 Å². The average molecular weight is 558 g/mol. The van der Waals surface area contributed by atoms with Gasteiger partial charge in [-0.1, -0.05) is 13.8 Å². The monoisotopic (exact) mass is 557 g/mol. The molecule has 0 aliphatic carbocycles. The van der Waals surface area contributed by atoms with E-state index >= 15 is 0 Å². The van der Waals surface area contributed by atoms with Gasteiger partial charge in [0.25, 0.3) is 10.0 Å². The molecule has 2 heterocycles. The number of aryl methyl sites for hydroxylation is 1. The van der Waals surface area contributed by atoms with Crippen molar-refractivity contribution in [1.82, 2.24) is 19.9 Å². The molecular weight excluding hydrogens is 529 g/mol. The summed E-state index contributed by atoms with van der Waals surface area (Å²) in [5.41, 5.74) is 0. The van der Waals surface area contributed by atoms with E-state index in [0.29, 0.717) is 36.3 Å². The third-order valence-electron chi connectivity index (χ3n) is 3.90. The first kappa shape index (κ1) is 25.3. The quantitative estimate of drug-likeness (QED) is 0.281. The van der Waals surface area contributed by atoms with E-state index < -0.39 is 10.0 Å². The van der Waals surface area contributed by atoms with E-state index in [9.17, 15) is 8.42 Å². The molecule has 0 radical (unpaired) electrons. The Balaban J connectivity index is 0.00000392. The lowest BCUT2D eigenvalue weighted by molar-refractivity contribution is 0.447. The zero-order chi connectivity index (χ0) is 19.9. The van der Waals surface area contributed by atoms with Crippen LogP contribution in [0.1, 0.15) is 28.6 Å². The van der Waals surface area contributed by atoms with Crippen LogP contribution in [0.15, 0.2) is 27.5 Å². The number of aliphatic imine (C=N–C) groups is 1. The molecule has 0 fully saturated rings. The molecule has 0 atom stereocenters. The lowest BCUT2D eigenvalue weighted by atomic mass is 10.3. The maximum absolute atomic E-state index is 12.5. The van der Waals surface area contributed by atoms with Crippen LogP contribution in [-0.2, 0) is 23.0 Å². The molecule has 0 amide bonds. The maximum atomic E-state index is 12.5. The van der Waals surface area contributed by atoms with Gasteiger partial charge in [0, 0.05) is 42.6 Å². The van der Waals surface area contributed by atoms with Crippen molar-refractivity contribution in [1.29, 1.82) is 0 Å². The largest absolute Gasteiger partial charge is 0.356 e. The van der Waals surface area contributed by atoms with Crippen molar-refractivity contribution in [3.63, 3.8) is 0 Å². The fourth-order valence-electron chi connectivity index (χ4n) is 2.49. The Bertz CT molecular complexity index is 860. The van der Waals surface area contributed by atoms with Crippen molar-refractivity contribution in [3.8, 4) is 0 Å². The Morgan fingerprint density at radius 1 is 1.21 bits per heavy atom. The zero-order valence-electron chi connectivity index (χ0n) is 16.6. The molecule has 158 valence electrons. The molecule has 0 bridgehead atoms. The number of guanidine groups is 1. The molecule has 0 aromatic carbocycles. The zero-order valence-corrected chi connectivity index (χ0v) is 21.3. The van der Waals surface area contributed by atoms with Crippen molar-refractivity contribution in [2.24, 2.45) is 4.99 Å². The summed E-state index contributed by atoms with van der Waals surface area (Å²) in [6.07, 6.45) is 2.59. The lowest BCUT2D eigenvalue weighted by Crippen LogP contribution is -2.37. The van der Waals surface area contributed by atoms with Gasteiger partial charge in [0.05, 0.1) is 6.54 Å². The SMILES string of the molecule is CCN(CC)S(=O)(=O)c1ccc(CCNC(=NC)NCc2ncc(C)s2)s1.I. The number of sulfonamides is 1. The van der Waals surface area contributed by atoms with E-state index in [0.717, 1.165) is 16.3 Å². The molecule has 2 aromatic heterocycles. The standard InChI is InChI=1S/C17H27N5O2S3.HI/c1-5-22(6-2)27(23,24)16-8-7-14(26-16)9-10-19-17(18-4)21-12-15-20-11-13(3)25-15;/h7-8,11H,5-6,9-10,12H2,1-4H3,(H2,18,19,21);1H. The van der Waals surface area contributed by atoms with E-state index in [4.69, 9.17) is 0 Å². The third-order valence-corrected chi connectivity index (χ3v) is 8.48. The van der Waals surface area contributed by atoms with Crippen LogP contribution in [0.5, 0.6) is 0 Å². The summed E-state index contributed by atoms with van der Waals surface area (Å²) < 4.78 is 27.0. The summed E-state index contributed by atoms with van der Waals surface area (Å²) >= 11 is 2.99. The maximum Gasteiger partial charge on any atom is 0.252 e. The predicted octanol–water partition coefficient (Wildman–Crippen LogP) is 3.07. The topological polar surface area (TPSA) is 86.7 Å². The van der Waals surface area contributed by atoms with Gasteiger partial charge in [-0.3, -0.25) is 4.99 Å². The van der Waals surface area contributed by atoms with E-state index in [2.05, 4.69) is 20.6 Å². The smallest absolute Gasteiger partial charge is 0.252 e. The average Bonchev–Trinajstić information content (AvgIpc) is 3.28. The second kappa shape index (κ2) is 12.1. The number of aromatic nitrogens is 1. The Morgan fingerprint density at radius 3 is 2.50 bits per heavy atom. The second-order valence-electron chi connectivity index (χ2n) is 5.78. The number of nitrogens with one attached hydrogen (secondary N) is 2. The highest BCUT2D eigenvalue weighted by atomic mass is 127. The fraction of sp³-hybridized carbons (Fsp3) is 0.529. The van der Waals surface area contributed by atoms with Gasteiger partial charge in [0.1, 0.15) is 9.22 Å². The number of hydrogen-bond acceptors (Lipinski definition) is 6. The Kier molecular flexibility index (Phi) is 10.9. The van der Waals surface area contributed by atoms with E-state index in [1.807, 2.05) is 33.0 Å². The number of rotatable bonds is 9. The van der Waals surface area contributed by atoms with Gasteiger partial charge in [0.2, 0.25) is 0 Å². The van der Waals surface area contributed by atoms with Crippen molar-refractivity contribution < 1.29 is 8.42 Å². The Hall–Kier alpha value is -0.760. The first-order valence-electron chi connectivity index (χ1n) is 8.85. The number of hydrogen-bond donors (Lipinski definition) is 2. The molecule has 0 saturated heterocycles. The van der Waals surface area contributed by atoms with E-state index in [1.54, 1.807) is 24.5 Å². The van der Waals surface area contributed by atoms with Crippen LogP contribution in [-0.4, -0.2) is 50.3 Å². The number of thiophene rings is 1. The summed E-state index contributed by atoms with van der Waals surface area (Å²) in [5.74, 6) is 0.704. The normalized spacial score (nSPS) is 12.1. The van der Waals surface area contributed by atoms with Crippen molar-refractivity contribution in [2.45, 2.75) is 37.9 Å². The first-order valence-corrected chi connectivity index (χ1v) is 11.9. The van der Waals surface area contributed by atoms with Crippen LogP contribution < -0.4 is 10.6 Å². The van der Waals surface area contributed by atoms with Crippen molar-refractivity contribution in [2.75, 3.05) is 26.7 Å². The fourth-order valence-corrected chi connectivity index (χ4v) is 6.18. The Morgan fingerprint density at radius 2 is 1.93 bits per heavy atom. The molecule has 2 rings (SSSR count). The molecule has 7 nitrogen and oxygen atoms in total. The summed E-state index contributed by atoms with van der Waals surface area (Å²) in [4.78, 5) is 10.7. The number of nitrogens with zero attached hydrogens (tertiary/aromatic N) is 3. The molecule has 11 heteroatoms. The Labute approximate surface area is 192 Å². The van der Waals surface area contributed by atoms with Crippen LogP contribution in [0, 0.1) is 6.92 Å². The molecule has 0 saturated carbocycles. The van der Waals surface area contributed by atoms with Crippen molar-refractivity contribution >= 4 is 62.6 Å². The van der Waals surface area contributed by atoms with Gasteiger partial charge >= 0.3 is 0 Å². The van der Waals surface area contributed by atoms with Crippen LogP contribution in [0.25, 0.3) is 0 Å². The van der Waals surface area contributed by atoms with Crippen LogP contribution in [0.2, 0.25) is 0 Å². The van der Waals surface area contributed by atoms with Crippen LogP contribution in [0.3, 0.4) is 0 Å². The summed E-state index contributed by atoms with van der Waals surface area (Å²) in [5, 5.41) is 7.50. The van der Waals surface area contributed by atoms with Gasteiger partial charge in [-0.2, -0.15) is 4.31 Å². The molecule has 0 unspecified atom stereocenters. The first-order chi connectivity index (χ1) is 12.9. The minimum absolute atomic E-state index is 0. The summed E-state index contributed by atoms with van der Waals surface area (Å²) in [7, 11) is -1.65. The highest BCUT2D eigenvalue weighted by Gasteiger charge is 2.23. The van der Waals surface area contributed by atoms with E-state index in [-0.39, 0.29) is 24.0 Å². The van der Waals surface area contributed by atoms with Crippen LogP contribution in [0.4, 0.5) is 0 Å². The van der Waals surface area contributed by atoms with Crippen LogP contribution >= 0.6 is 46.7 Å². The third kappa shape index (κ3) is 6.94. The predicted molar refractivity (Wildman–Crippen MR) is 129 cm³/mol. The highest BCUT2D eigenvalue weighted by molar-refractivity contribution is 14.0. The van der Waals surface area contributed by atoms with Gasteiger partial charge in [-0.05, 0) is 25.5 Å². The number of halogens is 1. The summed E-state index contributed by atoms with van der Waals surface area (Å²) in [6.45, 7) is 7.99. The van der Waals surface area contributed by atoms with Gasteiger partial charge in [-0.15, -0.1) is 46.7 Å². The molecule has 28 heavy (non-hydrogen) atoms. The summed E-state index contributed by atoms with van der Waals surface area (Å²) in [6, 6.07) is 3.59. The molecule has 0 aliphatic rings. The van der Waals surface area contributed by atoms with Gasteiger partial charge in [0.15, 0.2) is 5.96 Å². The minimum Gasteiger partial charge on any atom is -0.356 e. The molecular formula is C17H28IN5O2S3.